The molecule has 3 heteroatoms. The molecule has 0 amide bonds. The average Bonchev–Trinajstić information content (AvgIpc) is 2.14. The lowest BCUT2D eigenvalue weighted by molar-refractivity contribution is -0.137. The maximum Gasteiger partial charge on any atom is 0.330 e. The largest absolute Gasteiger partial charge is 0.463 e. The molecule has 0 heterocycles. The third kappa shape index (κ3) is 5.24. The van der Waals surface area contributed by atoms with Gasteiger partial charge in [-0.1, -0.05) is 13.8 Å². The van der Waals surface area contributed by atoms with Gasteiger partial charge in [-0.3, -0.25) is 0 Å². The molecule has 0 aromatic rings. The Hall–Kier alpha value is -1.27. The maximum atomic E-state index is 11.0. The number of ether oxygens (including phenoxy) is 1. The minimum Gasteiger partial charge on any atom is -0.463 e. The molecule has 15 heavy (non-hydrogen) atoms. The summed E-state index contributed by atoms with van der Waals surface area (Å²) in [6, 6.07) is 0. The normalized spacial score (nSPS) is 13.5. The second-order valence-electron chi connectivity index (χ2n) is 3.93. The van der Waals surface area contributed by atoms with Crippen molar-refractivity contribution in [2.24, 2.45) is 5.41 Å². The molecule has 0 saturated heterocycles. The van der Waals surface area contributed by atoms with Crippen LogP contribution in [0, 0.1) is 17.8 Å². The van der Waals surface area contributed by atoms with Crippen molar-refractivity contribution in [3.05, 3.63) is 12.2 Å². The van der Waals surface area contributed by atoms with E-state index < -0.39 is 17.5 Å². The fraction of sp³-hybridized carbons (Fsp3) is 0.583. The minimum atomic E-state index is -0.752. The number of hydrogen-bond acceptors (Lipinski definition) is 3. The SMILES string of the molecule is C#CCC(C)(C)C(O)/C=C/C(=O)OCC. The zero-order valence-corrected chi connectivity index (χ0v) is 9.49. The summed E-state index contributed by atoms with van der Waals surface area (Å²) in [6.45, 7) is 5.73. The van der Waals surface area contributed by atoms with Gasteiger partial charge in [0.25, 0.3) is 0 Å². The summed E-state index contributed by atoms with van der Waals surface area (Å²) in [4.78, 5) is 11.0. The molecule has 0 fully saturated rings. The molecule has 0 spiro atoms. The zero-order valence-electron chi connectivity index (χ0n) is 9.49. The molecular weight excluding hydrogens is 192 g/mol. The molecule has 0 aromatic heterocycles. The van der Waals surface area contributed by atoms with E-state index in [4.69, 9.17) is 6.42 Å². The van der Waals surface area contributed by atoms with E-state index in [0.717, 1.165) is 0 Å². The number of hydrogen-bond donors (Lipinski definition) is 1. The van der Waals surface area contributed by atoms with Gasteiger partial charge in [-0.15, -0.1) is 12.3 Å². The highest BCUT2D eigenvalue weighted by atomic mass is 16.5. The Labute approximate surface area is 91.1 Å². The van der Waals surface area contributed by atoms with Crippen LogP contribution in [0.4, 0.5) is 0 Å². The van der Waals surface area contributed by atoms with Crippen molar-refractivity contribution in [2.75, 3.05) is 6.61 Å². The van der Waals surface area contributed by atoms with Crippen LogP contribution in [0.3, 0.4) is 0 Å². The van der Waals surface area contributed by atoms with E-state index in [0.29, 0.717) is 13.0 Å². The molecular formula is C12H18O3. The van der Waals surface area contributed by atoms with Crippen LogP contribution < -0.4 is 0 Å². The molecule has 1 unspecified atom stereocenters. The van der Waals surface area contributed by atoms with Crippen molar-refractivity contribution < 1.29 is 14.6 Å². The molecule has 0 aromatic carbocycles. The van der Waals surface area contributed by atoms with Gasteiger partial charge in [0.05, 0.1) is 12.7 Å². The monoisotopic (exact) mass is 210 g/mol. The molecule has 1 atom stereocenters. The number of terminal acetylenes is 1. The first-order valence-electron chi connectivity index (χ1n) is 4.90. The standard InChI is InChI=1S/C12H18O3/c1-5-9-12(3,4)10(13)7-8-11(14)15-6-2/h1,7-8,10,13H,6,9H2,2-4H3/b8-7+. The molecule has 0 radical (unpaired) electrons. The van der Waals surface area contributed by atoms with Crippen LogP contribution in [0.15, 0.2) is 12.2 Å². The van der Waals surface area contributed by atoms with Gasteiger partial charge in [0.2, 0.25) is 0 Å². The van der Waals surface area contributed by atoms with Crippen LogP contribution in [0.25, 0.3) is 0 Å². The van der Waals surface area contributed by atoms with Crippen molar-refractivity contribution in [1.82, 2.24) is 0 Å². The Balaban J connectivity index is 4.29. The third-order valence-corrected chi connectivity index (χ3v) is 2.06. The lowest BCUT2D eigenvalue weighted by Crippen LogP contribution is -2.27. The van der Waals surface area contributed by atoms with E-state index in [1.54, 1.807) is 6.92 Å². The highest BCUT2D eigenvalue weighted by Crippen LogP contribution is 2.25. The van der Waals surface area contributed by atoms with Crippen LogP contribution in [-0.4, -0.2) is 23.8 Å². The Morgan fingerprint density at radius 3 is 2.73 bits per heavy atom. The van der Waals surface area contributed by atoms with Gasteiger partial charge in [0.15, 0.2) is 0 Å². The van der Waals surface area contributed by atoms with Crippen LogP contribution in [0.1, 0.15) is 27.2 Å². The van der Waals surface area contributed by atoms with E-state index in [9.17, 15) is 9.90 Å². The second kappa shape index (κ2) is 6.26. The summed E-state index contributed by atoms with van der Waals surface area (Å²) in [7, 11) is 0. The van der Waals surface area contributed by atoms with E-state index in [1.807, 2.05) is 13.8 Å². The van der Waals surface area contributed by atoms with Crippen molar-refractivity contribution in [2.45, 2.75) is 33.3 Å². The number of aliphatic hydroxyl groups excluding tert-OH is 1. The van der Waals surface area contributed by atoms with Crippen LogP contribution >= 0.6 is 0 Å². The molecule has 0 aliphatic rings. The third-order valence-electron chi connectivity index (χ3n) is 2.06. The number of esters is 1. The number of carbonyl (C=O) groups is 1. The van der Waals surface area contributed by atoms with Crippen LogP contribution in [0.5, 0.6) is 0 Å². The summed E-state index contributed by atoms with van der Waals surface area (Å²) >= 11 is 0. The highest BCUT2D eigenvalue weighted by Gasteiger charge is 2.24. The molecule has 0 aliphatic heterocycles. The first-order chi connectivity index (χ1) is 6.94. The van der Waals surface area contributed by atoms with E-state index in [2.05, 4.69) is 10.7 Å². The van der Waals surface area contributed by atoms with Gasteiger partial charge in [0, 0.05) is 17.9 Å². The summed E-state index contributed by atoms with van der Waals surface area (Å²) in [5, 5.41) is 9.74. The first-order valence-corrected chi connectivity index (χ1v) is 4.90. The quantitative estimate of drug-likeness (QED) is 0.425. The summed E-state index contributed by atoms with van der Waals surface area (Å²) < 4.78 is 4.69. The maximum absolute atomic E-state index is 11.0. The Bertz CT molecular complexity index is 271. The van der Waals surface area contributed by atoms with Gasteiger partial charge in [-0.2, -0.15) is 0 Å². The number of aliphatic hydroxyl groups is 1. The van der Waals surface area contributed by atoms with Crippen molar-refractivity contribution in [3.8, 4) is 12.3 Å². The van der Waals surface area contributed by atoms with E-state index in [-0.39, 0.29) is 0 Å². The highest BCUT2D eigenvalue weighted by molar-refractivity contribution is 5.81. The van der Waals surface area contributed by atoms with Gasteiger partial charge in [-0.05, 0) is 13.0 Å². The predicted octanol–water partition coefficient (Wildman–Crippen LogP) is 1.52. The average molecular weight is 210 g/mol. The Kier molecular flexibility index (Phi) is 5.73. The summed E-state index contributed by atoms with van der Waals surface area (Å²) in [5.74, 6) is 2.04. The lowest BCUT2D eigenvalue weighted by Gasteiger charge is -2.25. The number of carbonyl (C=O) groups excluding carboxylic acids is 1. The summed E-state index contributed by atoms with van der Waals surface area (Å²) in [5.41, 5.74) is -0.433. The van der Waals surface area contributed by atoms with Crippen molar-refractivity contribution >= 4 is 5.97 Å². The molecule has 0 rings (SSSR count). The fourth-order valence-electron chi connectivity index (χ4n) is 0.988. The Morgan fingerprint density at radius 2 is 2.27 bits per heavy atom. The zero-order chi connectivity index (χ0) is 11.9. The van der Waals surface area contributed by atoms with Gasteiger partial charge < -0.3 is 9.84 Å². The molecule has 0 saturated carbocycles. The van der Waals surface area contributed by atoms with Gasteiger partial charge >= 0.3 is 5.97 Å². The molecule has 3 nitrogen and oxygen atoms in total. The lowest BCUT2D eigenvalue weighted by atomic mass is 9.83. The minimum absolute atomic E-state index is 0.326. The van der Waals surface area contributed by atoms with Crippen LogP contribution in [0.2, 0.25) is 0 Å². The smallest absolute Gasteiger partial charge is 0.330 e. The Morgan fingerprint density at radius 1 is 1.67 bits per heavy atom. The van der Waals surface area contributed by atoms with E-state index >= 15 is 0 Å². The molecule has 84 valence electrons. The molecule has 0 aliphatic carbocycles. The van der Waals surface area contributed by atoms with Gasteiger partial charge in [0.1, 0.15) is 0 Å². The first kappa shape index (κ1) is 13.7. The van der Waals surface area contributed by atoms with Gasteiger partial charge in [-0.25, -0.2) is 4.79 Å². The van der Waals surface area contributed by atoms with Crippen molar-refractivity contribution in [3.63, 3.8) is 0 Å². The summed E-state index contributed by atoms with van der Waals surface area (Å²) in [6.07, 6.45) is 7.51. The topological polar surface area (TPSA) is 46.5 Å². The predicted molar refractivity (Wildman–Crippen MR) is 59.0 cm³/mol. The van der Waals surface area contributed by atoms with Crippen LogP contribution in [-0.2, 0) is 9.53 Å². The second-order valence-corrected chi connectivity index (χ2v) is 3.93. The molecule has 0 bridgehead atoms. The van der Waals surface area contributed by atoms with Crippen molar-refractivity contribution in [1.29, 1.82) is 0 Å². The molecule has 1 N–H and O–H groups in total. The van der Waals surface area contributed by atoms with E-state index in [1.165, 1.54) is 12.2 Å². The number of rotatable bonds is 5. The fourth-order valence-corrected chi connectivity index (χ4v) is 0.988.